The molecule has 1 amide bonds. The monoisotopic (exact) mass is 425 g/mol. The molecule has 0 aliphatic heterocycles. The zero-order valence-corrected chi connectivity index (χ0v) is 17.6. The van der Waals surface area contributed by atoms with E-state index in [1.807, 2.05) is 31.2 Å². The molecule has 1 heterocycles. The third kappa shape index (κ3) is 4.42. The highest BCUT2D eigenvalue weighted by atomic mass is 32.2. The summed E-state index contributed by atoms with van der Waals surface area (Å²) in [5.74, 6) is -0.316. The molecule has 0 bridgehead atoms. The van der Waals surface area contributed by atoms with E-state index in [0.29, 0.717) is 11.1 Å². The summed E-state index contributed by atoms with van der Waals surface area (Å²) in [6, 6.07) is 12.0. The number of benzene rings is 2. The van der Waals surface area contributed by atoms with Crippen LogP contribution in [-0.4, -0.2) is 35.1 Å². The van der Waals surface area contributed by atoms with Crippen molar-refractivity contribution in [1.82, 2.24) is 24.8 Å². The minimum Gasteiger partial charge on any atom is -0.346 e. The normalized spacial score (nSPS) is 15.0. The summed E-state index contributed by atoms with van der Waals surface area (Å²) in [7, 11) is -3.62. The second kappa shape index (κ2) is 8.00. The number of carbonyl (C=O) groups excluding carboxylic acids is 1. The smallest absolute Gasteiger partial charge is 0.252 e. The number of rotatable bonds is 7. The minimum absolute atomic E-state index is 0.00842. The number of hydrogen-bond acceptors (Lipinski definition) is 5. The lowest BCUT2D eigenvalue weighted by Gasteiger charge is -2.16. The third-order valence-electron chi connectivity index (χ3n) is 5.09. The predicted octanol–water partition coefficient (Wildman–Crippen LogP) is 2.51. The molecule has 1 atom stereocenters. The van der Waals surface area contributed by atoms with Crippen molar-refractivity contribution in [2.45, 2.75) is 43.7 Å². The highest BCUT2D eigenvalue weighted by Crippen LogP contribution is 2.24. The Morgan fingerprint density at radius 1 is 1.17 bits per heavy atom. The number of amides is 1. The van der Waals surface area contributed by atoms with Crippen LogP contribution in [0.25, 0.3) is 5.69 Å². The van der Waals surface area contributed by atoms with Gasteiger partial charge in [0.25, 0.3) is 5.91 Å². The SMILES string of the molecule is Cc1ccc(S(=O)(=O)NC2CC2)cc1C(=O)NC(C)c1ccc(-n2cncn2)cc1. The van der Waals surface area contributed by atoms with E-state index in [0.717, 1.165) is 24.1 Å². The van der Waals surface area contributed by atoms with Crippen molar-refractivity contribution in [2.24, 2.45) is 0 Å². The van der Waals surface area contributed by atoms with Crippen LogP contribution in [0, 0.1) is 6.92 Å². The molecule has 0 radical (unpaired) electrons. The van der Waals surface area contributed by atoms with Gasteiger partial charge in [-0.15, -0.1) is 0 Å². The molecule has 2 N–H and O–H groups in total. The lowest BCUT2D eigenvalue weighted by Crippen LogP contribution is -2.29. The third-order valence-corrected chi connectivity index (χ3v) is 6.61. The Kier molecular flexibility index (Phi) is 5.40. The van der Waals surface area contributed by atoms with Gasteiger partial charge in [0.1, 0.15) is 12.7 Å². The Labute approximate surface area is 175 Å². The maximum Gasteiger partial charge on any atom is 0.252 e. The Hall–Kier alpha value is -3.04. The highest BCUT2D eigenvalue weighted by molar-refractivity contribution is 7.89. The van der Waals surface area contributed by atoms with Crippen molar-refractivity contribution in [1.29, 1.82) is 0 Å². The molecule has 8 nitrogen and oxygen atoms in total. The number of carbonyl (C=O) groups is 1. The second-order valence-electron chi connectivity index (χ2n) is 7.50. The molecule has 3 aromatic rings. The molecule has 156 valence electrons. The van der Waals surface area contributed by atoms with Gasteiger partial charge in [0.05, 0.1) is 16.6 Å². The molecule has 1 unspecified atom stereocenters. The van der Waals surface area contributed by atoms with Crippen molar-refractivity contribution in [3.05, 3.63) is 71.8 Å². The van der Waals surface area contributed by atoms with Gasteiger partial charge in [-0.1, -0.05) is 18.2 Å². The number of nitrogens with zero attached hydrogens (tertiary/aromatic N) is 3. The van der Waals surface area contributed by atoms with E-state index in [9.17, 15) is 13.2 Å². The molecule has 1 fully saturated rings. The molecule has 4 rings (SSSR count). The molecule has 0 saturated heterocycles. The summed E-state index contributed by atoms with van der Waals surface area (Å²) in [6.07, 6.45) is 4.78. The van der Waals surface area contributed by atoms with Gasteiger partial charge in [-0.05, 0) is 62.1 Å². The van der Waals surface area contributed by atoms with Crippen LogP contribution in [0.2, 0.25) is 0 Å². The molecule has 9 heteroatoms. The maximum absolute atomic E-state index is 12.9. The van der Waals surface area contributed by atoms with Crippen LogP contribution in [-0.2, 0) is 10.0 Å². The van der Waals surface area contributed by atoms with Gasteiger partial charge in [-0.3, -0.25) is 4.79 Å². The van der Waals surface area contributed by atoms with E-state index in [1.54, 1.807) is 24.0 Å². The van der Waals surface area contributed by atoms with Crippen LogP contribution < -0.4 is 10.0 Å². The fourth-order valence-corrected chi connectivity index (χ4v) is 4.45. The average molecular weight is 426 g/mol. The average Bonchev–Trinajstić information content (AvgIpc) is 3.35. The zero-order valence-electron chi connectivity index (χ0n) is 16.7. The lowest BCUT2D eigenvalue weighted by atomic mass is 10.1. The van der Waals surface area contributed by atoms with Crippen LogP contribution in [0.15, 0.2) is 60.0 Å². The van der Waals surface area contributed by atoms with Crippen LogP contribution in [0.3, 0.4) is 0 Å². The van der Waals surface area contributed by atoms with Crippen LogP contribution >= 0.6 is 0 Å². The maximum atomic E-state index is 12.9. The highest BCUT2D eigenvalue weighted by Gasteiger charge is 2.28. The molecule has 30 heavy (non-hydrogen) atoms. The van der Waals surface area contributed by atoms with Gasteiger partial charge >= 0.3 is 0 Å². The summed E-state index contributed by atoms with van der Waals surface area (Å²) in [4.78, 5) is 16.9. The molecule has 1 aliphatic rings. The molecule has 1 aromatic heterocycles. The topological polar surface area (TPSA) is 106 Å². The fourth-order valence-electron chi connectivity index (χ4n) is 3.12. The van der Waals surface area contributed by atoms with Crippen LogP contribution in [0.4, 0.5) is 0 Å². The molecular weight excluding hydrogens is 402 g/mol. The van der Waals surface area contributed by atoms with E-state index in [2.05, 4.69) is 20.1 Å². The second-order valence-corrected chi connectivity index (χ2v) is 9.21. The molecular formula is C21H23N5O3S. The number of aryl methyl sites for hydroxylation is 1. The van der Waals surface area contributed by atoms with Crippen LogP contribution in [0.1, 0.15) is 47.3 Å². The number of nitrogens with one attached hydrogen (secondary N) is 2. The van der Waals surface area contributed by atoms with Crippen LogP contribution in [0.5, 0.6) is 0 Å². The first-order valence-electron chi connectivity index (χ1n) is 9.72. The number of sulfonamides is 1. The van der Waals surface area contributed by atoms with Crippen molar-refractivity contribution < 1.29 is 13.2 Å². The summed E-state index contributed by atoms with van der Waals surface area (Å²) in [6.45, 7) is 3.67. The van der Waals surface area contributed by atoms with Crippen molar-refractivity contribution in [3.8, 4) is 5.69 Å². The summed E-state index contributed by atoms with van der Waals surface area (Å²) >= 11 is 0. The van der Waals surface area contributed by atoms with E-state index >= 15 is 0 Å². The van der Waals surface area contributed by atoms with E-state index in [-0.39, 0.29) is 22.9 Å². The summed E-state index contributed by atoms with van der Waals surface area (Å²) in [5, 5.41) is 7.04. The van der Waals surface area contributed by atoms with E-state index < -0.39 is 10.0 Å². The Balaban J connectivity index is 1.49. The van der Waals surface area contributed by atoms with Gasteiger partial charge in [-0.25, -0.2) is 22.8 Å². The Morgan fingerprint density at radius 3 is 2.53 bits per heavy atom. The van der Waals surface area contributed by atoms with Gasteiger partial charge in [0.2, 0.25) is 10.0 Å². The molecule has 1 aliphatic carbocycles. The van der Waals surface area contributed by atoms with Crippen molar-refractivity contribution >= 4 is 15.9 Å². The standard InChI is InChI=1S/C21H23N5O3S/c1-14-3-10-19(30(28,29)25-17-6-7-17)11-20(14)21(27)24-15(2)16-4-8-18(9-5-16)26-13-22-12-23-26/h3-5,8-13,15,17,25H,6-7H2,1-2H3,(H,24,27). The van der Waals surface area contributed by atoms with Crippen molar-refractivity contribution in [3.63, 3.8) is 0 Å². The Bertz CT molecular complexity index is 1150. The summed E-state index contributed by atoms with van der Waals surface area (Å²) < 4.78 is 29.3. The van der Waals surface area contributed by atoms with E-state index in [4.69, 9.17) is 0 Å². The molecule has 2 aromatic carbocycles. The minimum atomic E-state index is -3.62. The summed E-state index contributed by atoms with van der Waals surface area (Å²) in [5.41, 5.74) is 2.85. The largest absolute Gasteiger partial charge is 0.346 e. The zero-order chi connectivity index (χ0) is 21.3. The quantitative estimate of drug-likeness (QED) is 0.605. The van der Waals surface area contributed by atoms with Gasteiger partial charge in [0.15, 0.2) is 0 Å². The van der Waals surface area contributed by atoms with E-state index in [1.165, 1.54) is 18.5 Å². The fraction of sp³-hybridized carbons (Fsp3) is 0.286. The number of aromatic nitrogens is 3. The Morgan fingerprint density at radius 2 is 1.90 bits per heavy atom. The number of hydrogen-bond donors (Lipinski definition) is 2. The predicted molar refractivity (Wildman–Crippen MR) is 112 cm³/mol. The van der Waals surface area contributed by atoms with Gasteiger partial charge < -0.3 is 5.32 Å². The first-order chi connectivity index (χ1) is 14.3. The van der Waals surface area contributed by atoms with Gasteiger partial charge in [0, 0.05) is 11.6 Å². The first-order valence-corrected chi connectivity index (χ1v) is 11.2. The molecule has 0 spiro atoms. The first kappa shape index (κ1) is 20.2. The van der Waals surface area contributed by atoms with Crippen molar-refractivity contribution in [2.75, 3.05) is 0 Å². The lowest BCUT2D eigenvalue weighted by molar-refractivity contribution is 0.0939. The van der Waals surface area contributed by atoms with Gasteiger partial charge in [-0.2, -0.15) is 5.10 Å². The molecule has 1 saturated carbocycles.